The van der Waals surface area contributed by atoms with Crippen LogP contribution < -0.4 is 0 Å². The van der Waals surface area contributed by atoms with E-state index in [0.717, 1.165) is 44.1 Å². The number of cyclic esters (lactones) is 1. The molecule has 0 aromatic rings. The molecule has 4 aliphatic carbocycles. The van der Waals surface area contributed by atoms with Crippen molar-refractivity contribution >= 4 is 11.9 Å². The lowest BCUT2D eigenvalue weighted by molar-refractivity contribution is -0.254. The first-order chi connectivity index (χ1) is 18.0. The van der Waals surface area contributed by atoms with Crippen LogP contribution in [0.3, 0.4) is 0 Å². The van der Waals surface area contributed by atoms with Crippen LogP contribution in [0.4, 0.5) is 0 Å². The maximum Gasteiger partial charge on any atom is 0.343 e. The van der Waals surface area contributed by atoms with Crippen LogP contribution in [0.15, 0.2) is 11.6 Å². The molecule has 0 bridgehead atoms. The maximum atomic E-state index is 12.3. The third-order valence-corrected chi connectivity index (χ3v) is 11.5. The summed E-state index contributed by atoms with van der Waals surface area (Å²) in [4.78, 5) is 24.1. The van der Waals surface area contributed by atoms with Crippen LogP contribution in [-0.4, -0.2) is 76.8 Å². The summed E-state index contributed by atoms with van der Waals surface area (Å²) in [5.41, 5.74) is -1.93. The molecule has 6 aliphatic rings. The lowest BCUT2D eigenvalue weighted by Crippen LogP contribution is -2.61. The lowest BCUT2D eigenvalue weighted by Gasteiger charge is -2.60. The standard InChI is InChI=1S/C29H42O9/c1-15-13-28(33,25(32)35-3)26(37-15)38-23-10-16-4-5-21-18(19(16)12-22(23)30)6-8-27(2)20(7-9-29(21,27)34)17-11-24(31)36-14-17/h11,15-16,18-23,26,30,33-34H,4-10,12-14H2,1-3H3. The first-order valence-electron chi connectivity index (χ1n) is 14.4. The van der Waals surface area contributed by atoms with Gasteiger partial charge in [0.15, 0.2) is 6.29 Å². The fourth-order valence-corrected chi connectivity index (χ4v) is 9.66. The summed E-state index contributed by atoms with van der Waals surface area (Å²) >= 11 is 0. The van der Waals surface area contributed by atoms with Gasteiger partial charge in [0.05, 0.1) is 31.0 Å². The fraction of sp³-hybridized carbons (Fsp3) is 0.862. The molecular formula is C29H42O9. The molecule has 1 saturated heterocycles. The molecule has 3 N–H and O–H groups in total. The Bertz CT molecular complexity index is 1010. The Balaban J connectivity index is 1.17. The molecular weight excluding hydrogens is 492 g/mol. The number of rotatable bonds is 4. The Morgan fingerprint density at radius 3 is 2.61 bits per heavy atom. The van der Waals surface area contributed by atoms with E-state index in [1.807, 2.05) is 0 Å². The Morgan fingerprint density at radius 1 is 1.11 bits per heavy atom. The number of esters is 2. The van der Waals surface area contributed by atoms with Crippen LogP contribution in [-0.2, 0) is 28.5 Å². The summed E-state index contributed by atoms with van der Waals surface area (Å²) in [6.07, 6.45) is 5.43. The number of hydrogen-bond acceptors (Lipinski definition) is 9. The molecule has 4 saturated carbocycles. The molecule has 0 amide bonds. The largest absolute Gasteiger partial charge is 0.467 e. The number of carbonyl (C=O) groups excluding carboxylic acids is 2. The van der Waals surface area contributed by atoms with Crippen molar-refractivity contribution in [1.82, 2.24) is 0 Å². The molecule has 6 rings (SSSR count). The highest BCUT2D eigenvalue weighted by Crippen LogP contribution is 2.67. The average Bonchev–Trinajstić information content (AvgIpc) is 3.52. The molecule has 12 atom stereocenters. The fourth-order valence-electron chi connectivity index (χ4n) is 9.66. The highest BCUT2D eigenvalue weighted by Gasteiger charge is 2.66. The van der Waals surface area contributed by atoms with Gasteiger partial charge in [0.1, 0.15) is 6.61 Å². The van der Waals surface area contributed by atoms with Gasteiger partial charge in [-0.05, 0) is 93.5 Å². The molecule has 2 heterocycles. The number of methoxy groups -OCH3 is 1. The average molecular weight is 535 g/mol. The number of fused-ring (bicyclic) bond motifs is 5. The SMILES string of the molecule is COC(=O)C1(O)CC(C)OC1OC1CC2CCC3C(CCC4(C)C(C5=CC(=O)OC5)CCC34O)C2CC1O. The topological polar surface area (TPSA) is 132 Å². The van der Waals surface area contributed by atoms with Gasteiger partial charge in [-0.15, -0.1) is 0 Å². The number of carbonyl (C=O) groups is 2. The van der Waals surface area contributed by atoms with E-state index in [0.29, 0.717) is 31.3 Å². The van der Waals surface area contributed by atoms with Crippen LogP contribution >= 0.6 is 0 Å². The van der Waals surface area contributed by atoms with Gasteiger partial charge >= 0.3 is 11.9 Å². The van der Waals surface area contributed by atoms with Gasteiger partial charge in [-0.2, -0.15) is 0 Å². The van der Waals surface area contributed by atoms with Crippen molar-refractivity contribution in [1.29, 1.82) is 0 Å². The number of aliphatic hydroxyl groups is 3. The Hall–Kier alpha value is -1.52. The first kappa shape index (κ1) is 26.7. The third-order valence-electron chi connectivity index (χ3n) is 11.5. The molecule has 12 unspecified atom stereocenters. The van der Waals surface area contributed by atoms with Gasteiger partial charge in [0, 0.05) is 17.9 Å². The first-order valence-corrected chi connectivity index (χ1v) is 14.4. The molecule has 38 heavy (non-hydrogen) atoms. The van der Waals surface area contributed by atoms with E-state index < -0.39 is 35.7 Å². The zero-order valence-electron chi connectivity index (χ0n) is 22.6. The quantitative estimate of drug-likeness (QED) is 0.465. The van der Waals surface area contributed by atoms with Crippen molar-refractivity contribution in [2.45, 2.75) is 107 Å². The maximum absolute atomic E-state index is 12.3. The lowest BCUT2D eigenvalue weighted by atomic mass is 9.47. The van der Waals surface area contributed by atoms with Crippen molar-refractivity contribution in [2.24, 2.45) is 35.0 Å². The van der Waals surface area contributed by atoms with E-state index in [1.165, 1.54) is 7.11 Å². The van der Waals surface area contributed by atoms with Gasteiger partial charge in [0.25, 0.3) is 0 Å². The molecule has 0 aromatic heterocycles. The normalized spacial score (nSPS) is 52.0. The van der Waals surface area contributed by atoms with E-state index in [2.05, 4.69) is 6.92 Å². The Morgan fingerprint density at radius 2 is 1.89 bits per heavy atom. The highest BCUT2D eigenvalue weighted by atomic mass is 16.7. The molecule has 2 aliphatic heterocycles. The van der Waals surface area contributed by atoms with Crippen LogP contribution in [0, 0.1) is 35.0 Å². The van der Waals surface area contributed by atoms with E-state index in [4.69, 9.17) is 18.9 Å². The van der Waals surface area contributed by atoms with E-state index in [9.17, 15) is 24.9 Å². The monoisotopic (exact) mass is 534 g/mol. The number of aliphatic hydroxyl groups excluding tert-OH is 1. The van der Waals surface area contributed by atoms with Crippen molar-refractivity contribution in [3.63, 3.8) is 0 Å². The molecule has 212 valence electrons. The summed E-state index contributed by atoms with van der Waals surface area (Å²) in [7, 11) is 1.23. The van der Waals surface area contributed by atoms with Gasteiger partial charge in [-0.25, -0.2) is 9.59 Å². The predicted molar refractivity (Wildman–Crippen MR) is 133 cm³/mol. The minimum absolute atomic E-state index is 0.0818. The van der Waals surface area contributed by atoms with Crippen molar-refractivity contribution in [3.05, 3.63) is 11.6 Å². The zero-order valence-corrected chi connectivity index (χ0v) is 22.6. The van der Waals surface area contributed by atoms with Gasteiger partial charge in [-0.3, -0.25) is 0 Å². The van der Waals surface area contributed by atoms with E-state index in [-0.39, 0.29) is 41.7 Å². The number of ether oxygens (including phenoxy) is 4. The molecule has 0 radical (unpaired) electrons. The smallest absolute Gasteiger partial charge is 0.343 e. The third kappa shape index (κ3) is 3.83. The van der Waals surface area contributed by atoms with Crippen molar-refractivity contribution < 1.29 is 43.9 Å². The second-order valence-electron chi connectivity index (χ2n) is 13.2. The second-order valence-corrected chi connectivity index (χ2v) is 13.2. The minimum Gasteiger partial charge on any atom is -0.467 e. The van der Waals surface area contributed by atoms with Crippen LogP contribution in [0.2, 0.25) is 0 Å². The zero-order chi connectivity index (χ0) is 27.0. The van der Waals surface area contributed by atoms with Crippen LogP contribution in [0.5, 0.6) is 0 Å². The second kappa shape index (κ2) is 9.26. The van der Waals surface area contributed by atoms with Gasteiger partial charge < -0.3 is 34.3 Å². The van der Waals surface area contributed by atoms with Crippen LogP contribution in [0.25, 0.3) is 0 Å². The summed E-state index contributed by atoms with van der Waals surface area (Å²) in [6, 6.07) is 0. The van der Waals surface area contributed by atoms with Crippen LogP contribution in [0.1, 0.15) is 71.6 Å². The molecule has 0 aromatic carbocycles. The molecule has 5 fully saturated rings. The van der Waals surface area contributed by atoms with E-state index in [1.54, 1.807) is 13.0 Å². The molecule has 9 heteroatoms. The minimum atomic E-state index is -1.89. The molecule has 0 spiro atoms. The summed E-state index contributed by atoms with van der Waals surface area (Å²) in [5, 5.41) is 34.5. The van der Waals surface area contributed by atoms with E-state index >= 15 is 0 Å². The predicted octanol–water partition coefficient (Wildman–Crippen LogP) is 2.25. The summed E-state index contributed by atoms with van der Waals surface area (Å²) in [5.74, 6) is 0.218. The van der Waals surface area contributed by atoms with Gasteiger partial charge in [0.2, 0.25) is 5.60 Å². The summed E-state index contributed by atoms with van der Waals surface area (Å²) in [6.45, 7) is 4.33. The Kier molecular flexibility index (Phi) is 6.51. The summed E-state index contributed by atoms with van der Waals surface area (Å²) < 4.78 is 21.9. The number of hydrogen-bond donors (Lipinski definition) is 3. The van der Waals surface area contributed by atoms with Crippen molar-refractivity contribution in [2.75, 3.05) is 13.7 Å². The highest BCUT2D eigenvalue weighted by molar-refractivity contribution is 5.85. The molecule has 9 nitrogen and oxygen atoms in total. The van der Waals surface area contributed by atoms with Crippen molar-refractivity contribution in [3.8, 4) is 0 Å². The van der Waals surface area contributed by atoms with Gasteiger partial charge in [-0.1, -0.05) is 6.92 Å². The Labute approximate surface area is 223 Å².